The van der Waals surface area contributed by atoms with Crippen LogP contribution in [0.25, 0.3) is 0 Å². The van der Waals surface area contributed by atoms with Gasteiger partial charge in [-0.2, -0.15) is 0 Å². The van der Waals surface area contributed by atoms with Crippen molar-refractivity contribution in [3.8, 4) is 0 Å². The second-order valence-electron chi connectivity index (χ2n) is 4.95. The van der Waals surface area contributed by atoms with Crippen molar-refractivity contribution in [3.63, 3.8) is 0 Å². The van der Waals surface area contributed by atoms with Gasteiger partial charge < -0.3 is 9.47 Å². The number of esters is 2. The number of carbonyl (C=O) groups is 2. The minimum absolute atomic E-state index is 0.260. The van der Waals surface area contributed by atoms with Gasteiger partial charge in [0.05, 0.1) is 13.2 Å². The molecular formula is C13H24O4. The van der Waals surface area contributed by atoms with Crippen LogP contribution in [0.4, 0.5) is 0 Å². The highest BCUT2D eigenvalue weighted by Gasteiger charge is 2.55. The van der Waals surface area contributed by atoms with Crippen LogP contribution in [0.5, 0.6) is 0 Å². The van der Waals surface area contributed by atoms with Gasteiger partial charge in [0.2, 0.25) is 0 Å². The Morgan fingerprint density at radius 2 is 1.24 bits per heavy atom. The van der Waals surface area contributed by atoms with Gasteiger partial charge in [-0.05, 0) is 25.7 Å². The number of carbonyl (C=O) groups excluding carboxylic acids is 2. The molecule has 0 radical (unpaired) electrons. The summed E-state index contributed by atoms with van der Waals surface area (Å²) in [7, 11) is 0. The van der Waals surface area contributed by atoms with E-state index in [1.54, 1.807) is 20.8 Å². The summed E-state index contributed by atoms with van der Waals surface area (Å²) in [6.45, 7) is 11.3. The molecule has 0 aliphatic heterocycles. The lowest BCUT2D eigenvalue weighted by Gasteiger charge is -2.39. The standard InChI is InChI=1S/C13H24O4/c1-7-13(12(4,5)6,10(14)16-8-2)11(15)17-9-3/h7-9H2,1-6H3. The first kappa shape index (κ1) is 15.9. The van der Waals surface area contributed by atoms with Crippen LogP contribution in [0, 0.1) is 10.8 Å². The third-order valence-corrected chi connectivity index (χ3v) is 3.06. The van der Waals surface area contributed by atoms with Crippen molar-refractivity contribution >= 4 is 11.9 Å². The molecule has 100 valence electrons. The van der Waals surface area contributed by atoms with E-state index >= 15 is 0 Å². The molecule has 17 heavy (non-hydrogen) atoms. The molecule has 0 unspecified atom stereocenters. The molecule has 0 aromatic carbocycles. The Kier molecular flexibility index (Phi) is 5.66. The fraction of sp³-hybridized carbons (Fsp3) is 0.846. The Bertz CT molecular complexity index is 258. The summed E-state index contributed by atoms with van der Waals surface area (Å²) in [5.41, 5.74) is -1.76. The van der Waals surface area contributed by atoms with Crippen LogP contribution in [-0.4, -0.2) is 25.2 Å². The largest absolute Gasteiger partial charge is 0.465 e. The third kappa shape index (κ3) is 2.99. The summed E-state index contributed by atoms with van der Waals surface area (Å²) < 4.78 is 10.1. The van der Waals surface area contributed by atoms with E-state index in [1.807, 2.05) is 20.8 Å². The van der Waals surface area contributed by atoms with Crippen LogP contribution >= 0.6 is 0 Å². The third-order valence-electron chi connectivity index (χ3n) is 3.06. The second-order valence-corrected chi connectivity index (χ2v) is 4.95. The van der Waals surface area contributed by atoms with E-state index in [1.165, 1.54) is 0 Å². The van der Waals surface area contributed by atoms with E-state index in [2.05, 4.69) is 0 Å². The highest BCUT2D eigenvalue weighted by atomic mass is 16.6. The molecule has 0 aliphatic rings. The van der Waals surface area contributed by atoms with Gasteiger partial charge in [0.15, 0.2) is 5.41 Å². The van der Waals surface area contributed by atoms with Crippen molar-refractivity contribution in [2.45, 2.75) is 48.0 Å². The van der Waals surface area contributed by atoms with E-state index in [-0.39, 0.29) is 13.2 Å². The molecule has 4 heteroatoms. The van der Waals surface area contributed by atoms with Crippen molar-refractivity contribution in [1.29, 1.82) is 0 Å². The van der Waals surface area contributed by atoms with Crippen LogP contribution in [-0.2, 0) is 19.1 Å². The van der Waals surface area contributed by atoms with Gasteiger partial charge in [-0.25, -0.2) is 0 Å². The molecule has 0 N–H and O–H groups in total. The lowest BCUT2D eigenvalue weighted by Crippen LogP contribution is -2.50. The molecule has 4 nitrogen and oxygen atoms in total. The first-order valence-electron chi connectivity index (χ1n) is 6.12. The molecule has 0 rings (SSSR count). The summed E-state index contributed by atoms with van der Waals surface area (Å²) in [4.78, 5) is 24.3. The predicted molar refractivity (Wildman–Crippen MR) is 65.4 cm³/mol. The molecule has 0 spiro atoms. The minimum Gasteiger partial charge on any atom is -0.465 e. The van der Waals surface area contributed by atoms with E-state index in [4.69, 9.17) is 9.47 Å². The van der Waals surface area contributed by atoms with Crippen LogP contribution < -0.4 is 0 Å². The molecule has 0 bridgehead atoms. The maximum atomic E-state index is 12.1. The number of ether oxygens (including phenoxy) is 2. The number of hydrogen-bond acceptors (Lipinski definition) is 4. The fourth-order valence-electron chi connectivity index (χ4n) is 2.02. The summed E-state index contributed by atoms with van der Waals surface area (Å²) in [5, 5.41) is 0. The van der Waals surface area contributed by atoms with E-state index < -0.39 is 22.8 Å². The summed E-state index contributed by atoms with van der Waals surface area (Å²) >= 11 is 0. The maximum absolute atomic E-state index is 12.1. The molecule has 0 aromatic rings. The van der Waals surface area contributed by atoms with Crippen molar-refractivity contribution in [1.82, 2.24) is 0 Å². The van der Waals surface area contributed by atoms with Gasteiger partial charge in [-0.15, -0.1) is 0 Å². The molecule has 0 fully saturated rings. The van der Waals surface area contributed by atoms with Gasteiger partial charge in [-0.3, -0.25) is 9.59 Å². The molecular weight excluding hydrogens is 220 g/mol. The van der Waals surface area contributed by atoms with Crippen LogP contribution in [0.1, 0.15) is 48.0 Å². The minimum atomic E-state index is -1.22. The van der Waals surface area contributed by atoms with Crippen molar-refractivity contribution in [3.05, 3.63) is 0 Å². The second kappa shape index (κ2) is 6.03. The monoisotopic (exact) mass is 244 g/mol. The van der Waals surface area contributed by atoms with E-state index in [0.717, 1.165) is 0 Å². The van der Waals surface area contributed by atoms with Gasteiger partial charge in [-0.1, -0.05) is 27.7 Å². The van der Waals surface area contributed by atoms with Crippen LogP contribution in [0.2, 0.25) is 0 Å². The van der Waals surface area contributed by atoms with Crippen molar-refractivity contribution in [2.75, 3.05) is 13.2 Å². The molecule has 0 aliphatic carbocycles. The maximum Gasteiger partial charge on any atom is 0.324 e. The molecule has 0 saturated carbocycles. The van der Waals surface area contributed by atoms with Gasteiger partial charge in [0, 0.05) is 0 Å². The Balaban J connectivity index is 5.46. The van der Waals surface area contributed by atoms with Crippen molar-refractivity contribution < 1.29 is 19.1 Å². The zero-order valence-corrected chi connectivity index (χ0v) is 11.8. The normalized spacial score (nSPS) is 12.1. The Labute approximate surface area is 104 Å². The van der Waals surface area contributed by atoms with Gasteiger partial charge >= 0.3 is 11.9 Å². The number of hydrogen-bond donors (Lipinski definition) is 0. The lowest BCUT2D eigenvalue weighted by molar-refractivity contribution is -0.181. The zero-order chi connectivity index (χ0) is 13.7. The zero-order valence-electron chi connectivity index (χ0n) is 11.8. The van der Waals surface area contributed by atoms with Crippen LogP contribution in [0.15, 0.2) is 0 Å². The highest BCUT2D eigenvalue weighted by molar-refractivity contribution is 6.01. The summed E-state index contributed by atoms with van der Waals surface area (Å²) in [5.74, 6) is -0.984. The number of rotatable bonds is 5. The van der Waals surface area contributed by atoms with E-state index in [0.29, 0.717) is 6.42 Å². The Hall–Kier alpha value is -1.06. The van der Waals surface area contributed by atoms with E-state index in [9.17, 15) is 9.59 Å². The fourth-order valence-corrected chi connectivity index (χ4v) is 2.02. The molecule has 0 aromatic heterocycles. The molecule has 0 atom stereocenters. The summed E-state index contributed by atoms with van der Waals surface area (Å²) in [6.07, 6.45) is 0.369. The Morgan fingerprint density at radius 3 is 1.41 bits per heavy atom. The average Bonchev–Trinajstić information content (AvgIpc) is 2.18. The lowest BCUT2D eigenvalue weighted by atomic mass is 9.64. The highest BCUT2D eigenvalue weighted by Crippen LogP contribution is 2.44. The molecule has 0 heterocycles. The quantitative estimate of drug-likeness (QED) is 0.551. The first-order valence-corrected chi connectivity index (χ1v) is 6.12. The Morgan fingerprint density at radius 1 is 0.882 bits per heavy atom. The average molecular weight is 244 g/mol. The topological polar surface area (TPSA) is 52.6 Å². The van der Waals surface area contributed by atoms with Gasteiger partial charge in [0.25, 0.3) is 0 Å². The smallest absolute Gasteiger partial charge is 0.324 e. The molecule has 0 amide bonds. The van der Waals surface area contributed by atoms with Gasteiger partial charge in [0.1, 0.15) is 0 Å². The molecule has 0 saturated heterocycles. The van der Waals surface area contributed by atoms with Crippen molar-refractivity contribution in [2.24, 2.45) is 10.8 Å². The predicted octanol–water partition coefficient (Wildman–Crippen LogP) is 2.56. The first-order chi connectivity index (χ1) is 7.77. The summed E-state index contributed by atoms with van der Waals surface area (Å²) in [6, 6.07) is 0. The van der Waals surface area contributed by atoms with Crippen LogP contribution in [0.3, 0.4) is 0 Å². The SMILES string of the molecule is CCOC(=O)C(CC)(C(=O)OCC)C(C)(C)C.